The zero-order valence-corrected chi connectivity index (χ0v) is 12.6. The van der Waals surface area contributed by atoms with E-state index < -0.39 is 0 Å². The summed E-state index contributed by atoms with van der Waals surface area (Å²) in [4.78, 5) is 10.2. The zero-order valence-electron chi connectivity index (χ0n) is 12.6. The third kappa shape index (κ3) is 2.77. The van der Waals surface area contributed by atoms with Gasteiger partial charge >= 0.3 is 0 Å². The first-order valence-electron chi connectivity index (χ1n) is 7.36. The Balaban J connectivity index is 1.73. The highest BCUT2D eigenvalue weighted by Gasteiger charge is 2.13. The predicted octanol–water partition coefficient (Wildman–Crippen LogP) is 4.23. The molecule has 0 fully saturated rings. The molecule has 0 aliphatic rings. The van der Waals surface area contributed by atoms with Gasteiger partial charge in [0.05, 0.1) is 29.3 Å². The molecule has 0 aliphatic carbocycles. The quantitative estimate of drug-likeness (QED) is 0.572. The van der Waals surface area contributed by atoms with Crippen molar-refractivity contribution in [3.05, 3.63) is 79.0 Å². The van der Waals surface area contributed by atoms with Crippen LogP contribution >= 0.6 is 0 Å². The second kappa shape index (κ2) is 6.00. The van der Waals surface area contributed by atoms with Gasteiger partial charge in [-0.05, 0) is 54.6 Å². The molecule has 5 nitrogen and oxygen atoms in total. The number of hydrogen-bond acceptors (Lipinski definition) is 4. The first kappa shape index (κ1) is 14.2. The highest BCUT2D eigenvalue weighted by Crippen LogP contribution is 2.28. The Labute approximate surface area is 137 Å². The minimum Gasteiger partial charge on any atom is -0.375 e. The van der Waals surface area contributed by atoms with Crippen molar-refractivity contribution in [3.63, 3.8) is 0 Å². The van der Waals surface area contributed by atoms with E-state index in [0.29, 0.717) is 11.4 Å². The Hall–Kier alpha value is -3.41. The molecule has 24 heavy (non-hydrogen) atoms. The lowest BCUT2D eigenvalue weighted by Gasteiger charge is -2.24. The van der Waals surface area contributed by atoms with Gasteiger partial charge in [0.2, 0.25) is 0 Å². The summed E-state index contributed by atoms with van der Waals surface area (Å²) in [5.74, 6) is 0.335. The fraction of sp³-hybridized carbons (Fsp3) is 0. The lowest BCUT2D eigenvalue weighted by molar-refractivity contribution is 0.324. The van der Waals surface area contributed by atoms with Crippen LogP contribution in [0.15, 0.2) is 73.2 Å². The number of pyridine rings is 1. The molecule has 0 amide bonds. The van der Waals surface area contributed by atoms with Gasteiger partial charge in [0.25, 0.3) is 0 Å². The van der Waals surface area contributed by atoms with Gasteiger partial charge in [0.1, 0.15) is 5.82 Å². The topological polar surface area (TPSA) is 54.0 Å². The minimum absolute atomic E-state index is 0.301. The second-order valence-corrected chi connectivity index (χ2v) is 5.19. The molecule has 0 spiro atoms. The Morgan fingerprint density at radius 3 is 2.62 bits per heavy atom. The lowest BCUT2D eigenvalue weighted by atomic mass is 10.2. The van der Waals surface area contributed by atoms with Crippen LogP contribution in [-0.2, 0) is 0 Å². The number of nitrogens with zero attached hydrogens (tertiary/aromatic N) is 3. The Bertz CT molecular complexity index is 954. The maximum atomic E-state index is 13.2. The van der Waals surface area contributed by atoms with Crippen molar-refractivity contribution in [2.75, 3.05) is 5.06 Å². The van der Waals surface area contributed by atoms with Crippen LogP contribution in [0, 0.1) is 5.82 Å². The molecule has 0 unspecified atom stereocenters. The number of anilines is 2. The number of fused-ring (bicyclic) bond motifs is 1. The molecule has 4 aromatic rings. The van der Waals surface area contributed by atoms with Crippen LogP contribution in [0.2, 0.25) is 0 Å². The standard InChI is InChI=1S/C18H13FN4O/c19-14-3-5-15(6-4-14)23(16-2-1-9-20-12-16)24-17-7-8-18-13(10-17)11-21-22-18/h1-12H,(H,21,22). The fourth-order valence-electron chi connectivity index (χ4n) is 2.39. The summed E-state index contributed by atoms with van der Waals surface area (Å²) in [5.41, 5.74) is 2.35. The number of rotatable bonds is 4. The number of halogens is 1. The largest absolute Gasteiger partial charge is 0.375 e. The van der Waals surface area contributed by atoms with Crippen LogP contribution in [0.25, 0.3) is 10.9 Å². The molecule has 0 saturated heterocycles. The van der Waals surface area contributed by atoms with Gasteiger partial charge in [-0.3, -0.25) is 10.1 Å². The number of benzene rings is 2. The van der Waals surface area contributed by atoms with Gasteiger partial charge in [-0.1, -0.05) is 0 Å². The van der Waals surface area contributed by atoms with Gasteiger partial charge in [-0.15, -0.1) is 0 Å². The van der Waals surface area contributed by atoms with E-state index in [9.17, 15) is 4.39 Å². The van der Waals surface area contributed by atoms with Crippen LogP contribution in [-0.4, -0.2) is 15.2 Å². The van der Waals surface area contributed by atoms with Crippen LogP contribution in [0.4, 0.5) is 15.8 Å². The van der Waals surface area contributed by atoms with Gasteiger partial charge in [-0.25, -0.2) is 4.39 Å². The van der Waals surface area contributed by atoms with Crippen LogP contribution in [0.3, 0.4) is 0 Å². The molecule has 0 atom stereocenters. The van der Waals surface area contributed by atoms with Crippen molar-refractivity contribution in [2.45, 2.75) is 0 Å². The highest BCUT2D eigenvalue weighted by molar-refractivity contribution is 5.79. The summed E-state index contributed by atoms with van der Waals surface area (Å²) in [6.45, 7) is 0. The van der Waals surface area contributed by atoms with Crippen molar-refractivity contribution in [2.24, 2.45) is 0 Å². The summed E-state index contributed by atoms with van der Waals surface area (Å²) >= 11 is 0. The molecule has 2 aromatic heterocycles. The fourth-order valence-corrected chi connectivity index (χ4v) is 2.39. The number of aromatic nitrogens is 3. The molecule has 118 valence electrons. The summed E-state index contributed by atoms with van der Waals surface area (Å²) in [7, 11) is 0. The van der Waals surface area contributed by atoms with E-state index in [2.05, 4.69) is 15.2 Å². The average molecular weight is 320 g/mol. The third-order valence-corrected chi connectivity index (χ3v) is 3.55. The monoisotopic (exact) mass is 320 g/mol. The van der Waals surface area contributed by atoms with Crippen molar-refractivity contribution < 1.29 is 9.23 Å². The summed E-state index contributed by atoms with van der Waals surface area (Å²) in [6, 6.07) is 15.4. The van der Waals surface area contributed by atoms with Gasteiger partial charge in [0, 0.05) is 11.6 Å². The molecule has 0 radical (unpaired) electrons. The molecule has 0 bridgehead atoms. The Morgan fingerprint density at radius 1 is 0.958 bits per heavy atom. The zero-order chi connectivity index (χ0) is 16.4. The molecule has 0 aliphatic heterocycles. The highest BCUT2D eigenvalue weighted by atomic mass is 19.1. The smallest absolute Gasteiger partial charge is 0.156 e. The number of nitrogens with one attached hydrogen (secondary N) is 1. The van der Waals surface area contributed by atoms with Crippen molar-refractivity contribution >= 4 is 22.3 Å². The van der Waals surface area contributed by atoms with Gasteiger partial charge in [-0.2, -0.15) is 10.2 Å². The maximum Gasteiger partial charge on any atom is 0.156 e. The van der Waals surface area contributed by atoms with Crippen LogP contribution in [0.1, 0.15) is 0 Å². The predicted molar refractivity (Wildman–Crippen MR) is 89.5 cm³/mol. The first-order chi connectivity index (χ1) is 11.8. The summed E-state index contributed by atoms with van der Waals surface area (Å²) < 4.78 is 13.2. The minimum atomic E-state index is -0.301. The third-order valence-electron chi connectivity index (χ3n) is 3.55. The van der Waals surface area contributed by atoms with Crippen molar-refractivity contribution in [3.8, 4) is 5.75 Å². The normalized spacial score (nSPS) is 10.7. The number of H-pyrrole nitrogens is 1. The Morgan fingerprint density at radius 2 is 1.83 bits per heavy atom. The SMILES string of the molecule is Fc1ccc(N(Oc2ccc3[nH]ncc3c2)c2cccnc2)cc1. The van der Waals surface area contributed by atoms with E-state index in [1.54, 1.807) is 35.8 Å². The van der Waals surface area contributed by atoms with Crippen LogP contribution in [0.5, 0.6) is 5.75 Å². The second-order valence-electron chi connectivity index (χ2n) is 5.19. The van der Waals surface area contributed by atoms with Gasteiger partial charge in [0.15, 0.2) is 5.75 Å². The molecule has 4 rings (SSSR count). The van der Waals surface area contributed by atoms with E-state index in [1.165, 1.54) is 12.1 Å². The van der Waals surface area contributed by atoms with Crippen LogP contribution < -0.4 is 9.90 Å². The molecule has 1 N–H and O–H groups in total. The van der Waals surface area contributed by atoms with E-state index >= 15 is 0 Å². The van der Waals surface area contributed by atoms with E-state index in [0.717, 1.165) is 16.6 Å². The average Bonchev–Trinajstić information content (AvgIpc) is 3.09. The van der Waals surface area contributed by atoms with E-state index in [1.807, 2.05) is 30.3 Å². The first-order valence-corrected chi connectivity index (χ1v) is 7.36. The molecular formula is C18H13FN4O. The molecule has 6 heteroatoms. The van der Waals surface area contributed by atoms with E-state index in [-0.39, 0.29) is 5.82 Å². The number of hydrogen-bond donors (Lipinski definition) is 1. The number of aromatic amines is 1. The van der Waals surface area contributed by atoms with E-state index in [4.69, 9.17) is 4.84 Å². The lowest BCUT2D eigenvalue weighted by Crippen LogP contribution is -2.21. The van der Waals surface area contributed by atoms with Crippen molar-refractivity contribution in [1.29, 1.82) is 0 Å². The summed E-state index contributed by atoms with van der Waals surface area (Å²) in [6.07, 6.45) is 5.10. The summed E-state index contributed by atoms with van der Waals surface area (Å²) in [5, 5.41) is 9.45. The molecular weight excluding hydrogens is 307 g/mol. The Kier molecular flexibility index (Phi) is 3.55. The molecule has 2 aromatic carbocycles. The maximum absolute atomic E-state index is 13.2. The van der Waals surface area contributed by atoms with Crippen molar-refractivity contribution in [1.82, 2.24) is 15.2 Å². The molecule has 2 heterocycles. The van der Waals surface area contributed by atoms with Gasteiger partial charge < -0.3 is 4.84 Å². The molecule has 0 saturated carbocycles.